The Kier molecular flexibility index (Phi) is 6.75. The van der Waals surface area contributed by atoms with Gasteiger partial charge >= 0.3 is 0 Å². The molecule has 2 aromatic rings. The minimum Gasteiger partial charge on any atom is -0.371 e. The molecule has 188 valence electrons. The van der Waals surface area contributed by atoms with E-state index in [9.17, 15) is 19.2 Å². The maximum absolute atomic E-state index is 13.5. The second kappa shape index (κ2) is 9.97. The van der Waals surface area contributed by atoms with Crippen molar-refractivity contribution in [3.8, 4) is 0 Å². The van der Waals surface area contributed by atoms with E-state index < -0.39 is 0 Å². The molecule has 0 radical (unpaired) electrons. The number of nitrogens with zero attached hydrogens (tertiary/aromatic N) is 3. The molecule has 2 fully saturated rings. The first-order valence-electron chi connectivity index (χ1n) is 12.4. The number of anilines is 2. The first-order chi connectivity index (χ1) is 17.4. The van der Waals surface area contributed by atoms with Gasteiger partial charge in [0, 0.05) is 37.0 Å². The van der Waals surface area contributed by atoms with E-state index >= 15 is 0 Å². The van der Waals surface area contributed by atoms with Crippen LogP contribution in [0.15, 0.2) is 47.4 Å². The highest BCUT2D eigenvalue weighted by molar-refractivity contribution is 7.98. The molecular formula is C27H30N4O4S. The third kappa shape index (κ3) is 4.36. The molecule has 4 amide bonds. The van der Waals surface area contributed by atoms with Crippen LogP contribution in [-0.2, 0) is 9.59 Å². The predicted octanol–water partition coefficient (Wildman–Crippen LogP) is 3.15. The van der Waals surface area contributed by atoms with Crippen LogP contribution in [0.25, 0.3) is 0 Å². The van der Waals surface area contributed by atoms with E-state index in [1.165, 1.54) is 4.90 Å². The standard InChI is InChI=1S/C27H30N4O4S/c1-36-20-9-7-19(8-10-20)31-26(34)21-5-2-6-22(23(21)27(31)35)29-14-11-17(12-15-29)25(33)30-13-3-4-18(16-30)24(28)32/h2,5-10,17-18H,3-4,11-16H2,1H3,(H2,28,32)/t18-/m1/s1. The Morgan fingerprint density at radius 1 is 0.917 bits per heavy atom. The highest BCUT2D eigenvalue weighted by Crippen LogP contribution is 2.37. The lowest BCUT2D eigenvalue weighted by atomic mass is 9.91. The van der Waals surface area contributed by atoms with Crippen molar-refractivity contribution in [2.45, 2.75) is 30.6 Å². The van der Waals surface area contributed by atoms with Crippen LogP contribution in [0, 0.1) is 11.8 Å². The van der Waals surface area contributed by atoms with Gasteiger partial charge in [-0.3, -0.25) is 19.2 Å². The Morgan fingerprint density at radius 2 is 1.64 bits per heavy atom. The molecular weight excluding hydrogens is 476 g/mol. The fraction of sp³-hybridized carbons (Fsp3) is 0.407. The molecule has 5 rings (SSSR count). The Balaban J connectivity index is 1.30. The number of amides is 4. The summed E-state index contributed by atoms with van der Waals surface area (Å²) in [5, 5.41) is 0. The number of piperidine rings is 2. The lowest BCUT2D eigenvalue weighted by Gasteiger charge is -2.38. The SMILES string of the molecule is CSc1ccc(N2C(=O)c3cccc(N4CCC(C(=O)N5CCC[C@@H](C(N)=O)C5)CC4)c3C2=O)cc1. The van der Waals surface area contributed by atoms with Gasteiger partial charge in [-0.1, -0.05) is 6.07 Å². The van der Waals surface area contributed by atoms with Crippen LogP contribution in [0.4, 0.5) is 11.4 Å². The molecule has 3 aliphatic rings. The molecule has 0 aromatic heterocycles. The van der Waals surface area contributed by atoms with Gasteiger partial charge in [0.05, 0.1) is 28.4 Å². The van der Waals surface area contributed by atoms with Crippen LogP contribution in [0.1, 0.15) is 46.4 Å². The van der Waals surface area contributed by atoms with Crippen molar-refractivity contribution in [1.29, 1.82) is 0 Å². The van der Waals surface area contributed by atoms with Crippen molar-refractivity contribution in [2.75, 3.05) is 42.2 Å². The van der Waals surface area contributed by atoms with Gasteiger partial charge < -0.3 is 15.5 Å². The van der Waals surface area contributed by atoms with Gasteiger partial charge in [-0.15, -0.1) is 11.8 Å². The third-order valence-corrected chi connectivity index (χ3v) is 8.29. The molecule has 36 heavy (non-hydrogen) atoms. The topological polar surface area (TPSA) is 104 Å². The van der Waals surface area contributed by atoms with Crippen LogP contribution in [0.3, 0.4) is 0 Å². The van der Waals surface area contributed by atoms with Crippen LogP contribution < -0.4 is 15.5 Å². The summed E-state index contributed by atoms with van der Waals surface area (Å²) in [5.41, 5.74) is 7.62. The fourth-order valence-electron chi connectivity index (χ4n) is 5.53. The summed E-state index contributed by atoms with van der Waals surface area (Å²) in [6.45, 7) is 2.30. The number of fused-ring (bicyclic) bond motifs is 1. The number of hydrogen-bond donors (Lipinski definition) is 1. The van der Waals surface area contributed by atoms with Gasteiger partial charge in [0.2, 0.25) is 11.8 Å². The maximum atomic E-state index is 13.5. The summed E-state index contributed by atoms with van der Waals surface area (Å²) in [4.78, 5) is 57.6. The Bertz CT molecular complexity index is 1210. The number of benzene rings is 2. The van der Waals surface area contributed by atoms with E-state index in [4.69, 9.17) is 5.73 Å². The average Bonchev–Trinajstić information content (AvgIpc) is 3.18. The van der Waals surface area contributed by atoms with Crippen molar-refractivity contribution in [3.63, 3.8) is 0 Å². The fourth-order valence-corrected chi connectivity index (χ4v) is 5.94. The van der Waals surface area contributed by atoms with Crippen LogP contribution in [0.5, 0.6) is 0 Å². The molecule has 2 aromatic carbocycles. The summed E-state index contributed by atoms with van der Waals surface area (Å²) in [6.07, 6.45) is 4.82. The van der Waals surface area contributed by atoms with Crippen molar-refractivity contribution in [2.24, 2.45) is 17.6 Å². The van der Waals surface area contributed by atoms with Crippen LogP contribution in [-0.4, -0.2) is 61.0 Å². The number of carbonyl (C=O) groups excluding carboxylic acids is 4. The van der Waals surface area contributed by atoms with E-state index in [0.717, 1.165) is 23.4 Å². The van der Waals surface area contributed by atoms with Crippen molar-refractivity contribution < 1.29 is 19.2 Å². The summed E-state index contributed by atoms with van der Waals surface area (Å²) in [5.74, 6) is -1.26. The highest BCUT2D eigenvalue weighted by Gasteiger charge is 2.40. The molecule has 3 aliphatic heterocycles. The molecule has 0 spiro atoms. The first kappa shape index (κ1) is 24.4. The molecule has 9 heteroatoms. The third-order valence-electron chi connectivity index (χ3n) is 7.54. The second-order valence-electron chi connectivity index (χ2n) is 9.63. The normalized spacial score (nSPS) is 20.6. The monoisotopic (exact) mass is 506 g/mol. The summed E-state index contributed by atoms with van der Waals surface area (Å²) < 4.78 is 0. The lowest BCUT2D eigenvalue weighted by molar-refractivity contribution is -0.139. The molecule has 0 aliphatic carbocycles. The van der Waals surface area contributed by atoms with Gasteiger partial charge in [-0.2, -0.15) is 0 Å². The van der Waals surface area contributed by atoms with Gasteiger partial charge in [0.15, 0.2) is 0 Å². The lowest BCUT2D eigenvalue weighted by Crippen LogP contribution is -2.48. The Hall–Kier alpha value is -3.33. The summed E-state index contributed by atoms with van der Waals surface area (Å²) in [6, 6.07) is 12.8. The van der Waals surface area contributed by atoms with Crippen molar-refractivity contribution in [3.05, 3.63) is 53.6 Å². The van der Waals surface area contributed by atoms with Crippen molar-refractivity contribution in [1.82, 2.24) is 4.90 Å². The summed E-state index contributed by atoms with van der Waals surface area (Å²) >= 11 is 1.60. The van der Waals surface area contributed by atoms with E-state index in [2.05, 4.69) is 4.90 Å². The number of nitrogens with two attached hydrogens (primary N) is 1. The van der Waals surface area contributed by atoms with Crippen molar-refractivity contribution >= 4 is 46.8 Å². The largest absolute Gasteiger partial charge is 0.371 e. The number of primary amides is 1. The molecule has 2 N–H and O–H groups in total. The van der Waals surface area contributed by atoms with Crippen LogP contribution >= 0.6 is 11.8 Å². The number of carbonyl (C=O) groups is 4. The molecule has 3 heterocycles. The molecule has 2 saturated heterocycles. The first-order valence-corrected chi connectivity index (χ1v) is 13.6. The predicted molar refractivity (Wildman–Crippen MR) is 139 cm³/mol. The number of imide groups is 1. The molecule has 0 bridgehead atoms. The molecule has 1 atom stereocenters. The number of rotatable bonds is 5. The zero-order valence-corrected chi connectivity index (χ0v) is 21.1. The number of hydrogen-bond acceptors (Lipinski definition) is 6. The Labute approximate surface area is 214 Å². The van der Waals surface area contributed by atoms with Gasteiger partial charge in [-0.25, -0.2) is 4.90 Å². The number of thioether (sulfide) groups is 1. The quantitative estimate of drug-likeness (QED) is 0.494. The maximum Gasteiger partial charge on any atom is 0.268 e. The molecule has 0 saturated carbocycles. The Morgan fingerprint density at radius 3 is 2.31 bits per heavy atom. The number of likely N-dealkylation sites (tertiary alicyclic amines) is 1. The molecule has 8 nitrogen and oxygen atoms in total. The summed E-state index contributed by atoms with van der Waals surface area (Å²) in [7, 11) is 0. The van der Waals surface area contributed by atoms with Gasteiger partial charge in [0.1, 0.15) is 0 Å². The molecule has 0 unspecified atom stereocenters. The van der Waals surface area contributed by atoms with E-state index in [1.807, 2.05) is 30.5 Å². The zero-order valence-electron chi connectivity index (χ0n) is 20.3. The zero-order chi connectivity index (χ0) is 25.4. The highest BCUT2D eigenvalue weighted by atomic mass is 32.2. The van der Waals surface area contributed by atoms with Crippen LogP contribution in [0.2, 0.25) is 0 Å². The van der Waals surface area contributed by atoms with E-state index in [0.29, 0.717) is 55.8 Å². The average molecular weight is 507 g/mol. The smallest absolute Gasteiger partial charge is 0.268 e. The second-order valence-corrected chi connectivity index (χ2v) is 10.5. The van der Waals surface area contributed by atoms with Gasteiger partial charge in [-0.05, 0) is 68.3 Å². The van der Waals surface area contributed by atoms with Gasteiger partial charge in [0.25, 0.3) is 11.8 Å². The minimum absolute atomic E-state index is 0.0880. The minimum atomic E-state index is -0.339. The van der Waals surface area contributed by atoms with E-state index in [-0.39, 0.29) is 35.5 Å². The van der Waals surface area contributed by atoms with E-state index in [1.54, 1.807) is 34.9 Å².